The van der Waals surface area contributed by atoms with Crippen molar-refractivity contribution < 1.29 is 4.79 Å². The van der Waals surface area contributed by atoms with Crippen molar-refractivity contribution >= 4 is 17.4 Å². The molecule has 1 amide bonds. The molecule has 0 saturated heterocycles. The zero-order valence-electron chi connectivity index (χ0n) is 8.01. The van der Waals surface area contributed by atoms with Gasteiger partial charge in [0.15, 0.2) is 5.82 Å². The van der Waals surface area contributed by atoms with Gasteiger partial charge in [-0.25, -0.2) is 0 Å². The third kappa shape index (κ3) is 1.26. The Morgan fingerprint density at radius 3 is 2.79 bits per heavy atom. The van der Waals surface area contributed by atoms with Crippen LogP contribution in [0, 0.1) is 5.92 Å². The SMILES string of the molecule is CC1=NN(c2cccnn2)C(=O)C1C. The van der Waals surface area contributed by atoms with E-state index in [0.717, 1.165) is 5.71 Å². The molecular weight excluding hydrogens is 180 g/mol. The van der Waals surface area contributed by atoms with Crippen molar-refractivity contribution in [2.24, 2.45) is 11.0 Å². The molecule has 1 aliphatic rings. The number of carbonyl (C=O) groups is 1. The molecule has 1 aromatic heterocycles. The van der Waals surface area contributed by atoms with Gasteiger partial charge in [0.25, 0.3) is 5.91 Å². The van der Waals surface area contributed by atoms with Crippen molar-refractivity contribution in [2.75, 3.05) is 5.01 Å². The fraction of sp³-hybridized carbons (Fsp3) is 0.333. The lowest BCUT2D eigenvalue weighted by Gasteiger charge is -2.09. The smallest absolute Gasteiger partial charge is 0.257 e. The summed E-state index contributed by atoms with van der Waals surface area (Å²) < 4.78 is 0. The number of carbonyl (C=O) groups excluding carboxylic acids is 1. The molecule has 0 N–H and O–H groups in total. The summed E-state index contributed by atoms with van der Waals surface area (Å²) in [5.74, 6) is 0.265. The van der Waals surface area contributed by atoms with E-state index in [0.29, 0.717) is 5.82 Å². The van der Waals surface area contributed by atoms with E-state index in [-0.39, 0.29) is 11.8 Å². The van der Waals surface area contributed by atoms with Crippen LogP contribution in [0.4, 0.5) is 5.82 Å². The number of nitrogens with zero attached hydrogens (tertiary/aromatic N) is 4. The standard InChI is InChI=1S/C9H10N4O/c1-6-7(2)12-13(9(6)14)8-4-3-5-10-11-8/h3-6H,1-2H3. The van der Waals surface area contributed by atoms with Gasteiger partial charge in [-0.1, -0.05) is 0 Å². The molecule has 1 aliphatic heterocycles. The third-order valence-corrected chi connectivity index (χ3v) is 2.24. The molecule has 0 aromatic carbocycles. The molecule has 1 atom stereocenters. The fourth-order valence-electron chi connectivity index (χ4n) is 1.23. The molecule has 2 heterocycles. The van der Waals surface area contributed by atoms with Gasteiger partial charge in [-0.3, -0.25) is 4.79 Å². The van der Waals surface area contributed by atoms with Crippen LogP contribution in [0.3, 0.4) is 0 Å². The maximum Gasteiger partial charge on any atom is 0.257 e. The maximum absolute atomic E-state index is 11.7. The Hall–Kier alpha value is -1.78. The molecule has 14 heavy (non-hydrogen) atoms. The van der Waals surface area contributed by atoms with E-state index < -0.39 is 0 Å². The quantitative estimate of drug-likeness (QED) is 0.659. The van der Waals surface area contributed by atoms with Gasteiger partial charge in [-0.15, -0.1) is 5.10 Å². The summed E-state index contributed by atoms with van der Waals surface area (Å²) in [5, 5.41) is 12.9. The van der Waals surface area contributed by atoms with Gasteiger partial charge < -0.3 is 0 Å². The largest absolute Gasteiger partial charge is 0.272 e. The van der Waals surface area contributed by atoms with Crippen LogP contribution in [0.2, 0.25) is 0 Å². The zero-order valence-corrected chi connectivity index (χ0v) is 8.01. The minimum atomic E-state index is -0.156. The summed E-state index contributed by atoms with van der Waals surface area (Å²) >= 11 is 0. The average molecular weight is 190 g/mol. The summed E-state index contributed by atoms with van der Waals surface area (Å²) in [6, 6.07) is 3.43. The highest BCUT2D eigenvalue weighted by Crippen LogP contribution is 2.20. The lowest BCUT2D eigenvalue weighted by Crippen LogP contribution is -2.25. The summed E-state index contributed by atoms with van der Waals surface area (Å²) in [6.45, 7) is 3.66. The predicted molar refractivity (Wildman–Crippen MR) is 51.8 cm³/mol. The topological polar surface area (TPSA) is 58.5 Å². The lowest BCUT2D eigenvalue weighted by atomic mass is 10.1. The summed E-state index contributed by atoms with van der Waals surface area (Å²) in [5.41, 5.74) is 0.806. The van der Waals surface area contributed by atoms with E-state index in [2.05, 4.69) is 15.3 Å². The first-order chi connectivity index (χ1) is 6.70. The first-order valence-electron chi connectivity index (χ1n) is 4.37. The van der Waals surface area contributed by atoms with Crippen molar-refractivity contribution in [2.45, 2.75) is 13.8 Å². The van der Waals surface area contributed by atoms with Gasteiger partial charge in [0.2, 0.25) is 0 Å². The number of anilines is 1. The van der Waals surface area contributed by atoms with E-state index in [9.17, 15) is 4.79 Å². The Morgan fingerprint density at radius 2 is 2.29 bits per heavy atom. The minimum Gasteiger partial charge on any atom is -0.272 e. The fourth-order valence-corrected chi connectivity index (χ4v) is 1.23. The number of hydrazone groups is 1. The second-order valence-corrected chi connectivity index (χ2v) is 3.19. The first kappa shape index (κ1) is 8.80. The number of hydrogen-bond donors (Lipinski definition) is 0. The average Bonchev–Trinajstić information content (AvgIpc) is 2.47. The van der Waals surface area contributed by atoms with Crippen molar-refractivity contribution in [1.29, 1.82) is 0 Å². The second kappa shape index (κ2) is 3.17. The Bertz CT molecular complexity index is 387. The molecule has 5 heteroatoms. The van der Waals surface area contributed by atoms with Crippen LogP contribution in [0.5, 0.6) is 0 Å². The Labute approximate surface area is 81.4 Å². The molecule has 72 valence electrons. The summed E-state index contributed by atoms with van der Waals surface area (Å²) in [6.07, 6.45) is 1.56. The van der Waals surface area contributed by atoms with Crippen LogP contribution >= 0.6 is 0 Å². The molecule has 0 saturated carbocycles. The van der Waals surface area contributed by atoms with E-state index in [1.165, 1.54) is 5.01 Å². The van der Waals surface area contributed by atoms with Gasteiger partial charge in [0.1, 0.15) is 0 Å². The molecule has 0 bridgehead atoms. The third-order valence-electron chi connectivity index (χ3n) is 2.24. The highest BCUT2D eigenvalue weighted by atomic mass is 16.2. The molecular formula is C9H10N4O. The van der Waals surface area contributed by atoms with Crippen LogP contribution in [0.25, 0.3) is 0 Å². The number of amides is 1. The summed E-state index contributed by atoms with van der Waals surface area (Å²) in [4.78, 5) is 11.7. The van der Waals surface area contributed by atoms with Crippen LogP contribution < -0.4 is 5.01 Å². The van der Waals surface area contributed by atoms with Crippen molar-refractivity contribution in [3.05, 3.63) is 18.3 Å². The first-order valence-corrected chi connectivity index (χ1v) is 4.37. The maximum atomic E-state index is 11.7. The van der Waals surface area contributed by atoms with Crippen molar-refractivity contribution in [1.82, 2.24) is 10.2 Å². The van der Waals surface area contributed by atoms with E-state index in [1.807, 2.05) is 13.8 Å². The highest BCUT2D eigenvalue weighted by Gasteiger charge is 2.31. The molecule has 0 aliphatic carbocycles. The van der Waals surface area contributed by atoms with Gasteiger partial charge in [0.05, 0.1) is 5.92 Å². The zero-order chi connectivity index (χ0) is 10.1. The number of rotatable bonds is 1. The lowest BCUT2D eigenvalue weighted by molar-refractivity contribution is -0.119. The normalized spacial score (nSPS) is 21.3. The number of hydrogen-bond acceptors (Lipinski definition) is 4. The number of aromatic nitrogens is 2. The molecule has 1 unspecified atom stereocenters. The van der Waals surface area contributed by atoms with Gasteiger partial charge in [0, 0.05) is 11.9 Å². The van der Waals surface area contributed by atoms with Gasteiger partial charge in [-0.2, -0.15) is 15.2 Å². The van der Waals surface area contributed by atoms with Crippen LogP contribution in [-0.4, -0.2) is 21.8 Å². The van der Waals surface area contributed by atoms with Gasteiger partial charge >= 0.3 is 0 Å². The Balaban J connectivity index is 2.35. The van der Waals surface area contributed by atoms with E-state index in [4.69, 9.17) is 0 Å². The Morgan fingerprint density at radius 1 is 1.50 bits per heavy atom. The molecule has 5 nitrogen and oxygen atoms in total. The molecule has 2 rings (SSSR count). The minimum absolute atomic E-state index is 0.0528. The van der Waals surface area contributed by atoms with Crippen LogP contribution in [-0.2, 0) is 4.79 Å². The van der Waals surface area contributed by atoms with E-state index in [1.54, 1.807) is 18.3 Å². The molecule has 0 radical (unpaired) electrons. The highest BCUT2D eigenvalue weighted by molar-refractivity contribution is 6.14. The monoisotopic (exact) mass is 190 g/mol. The molecule has 0 spiro atoms. The molecule has 1 aromatic rings. The van der Waals surface area contributed by atoms with Crippen molar-refractivity contribution in [3.8, 4) is 0 Å². The summed E-state index contributed by atoms with van der Waals surface area (Å²) in [7, 11) is 0. The molecule has 0 fully saturated rings. The second-order valence-electron chi connectivity index (χ2n) is 3.19. The van der Waals surface area contributed by atoms with Crippen LogP contribution in [0.15, 0.2) is 23.4 Å². The Kier molecular flexibility index (Phi) is 1.99. The predicted octanol–water partition coefficient (Wildman–Crippen LogP) is 0.835. The van der Waals surface area contributed by atoms with E-state index >= 15 is 0 Å². The van der Waals surface area contributed by atoms with Crippen LogP contribution in [0.1, 0.15) is 13.8 Å². The van der Waals surface area contributed by atoms with Crippen molar-refractivity contribution in [3.63, 3.8) is 0 Å². The van der Waals surface area contributed by atoms with Gasteiger partial charge in [-0.05, 0) is 26.0 Å².